The van der Waals surface area contributed by atoms with Crippen molar-refractivity contribution in [2.24, 2.45) is 5.92 Å². The van der Waals surface area contributed by atoms with Crippen molar-refractivity contribution in [1.82, 2.24) is 9.80 Å². The number of rotatable bonds is 6. The molecule has 0 radical (unpaired) electrons. The first-order valence-corrected chi connectivity index (χ1v) is 11.7. The SMILES string of the molecule is COc1ccc(NC(=O)C2CCN(C3CCN(C(=O)c4ccc([N+](=O)[O-])cc4)CC3)CC2)cc1. The third kappa shape index (κ3) is 5.53. The van der Waals surface area contributed by atoms with E-state index in [-0.39, 0.29) is 23.4 Å². The molecule has 0 aliphatic carbocycles. The number of carbonyl (C=O) groups is 2. The molecule has 2 aliphatic heterocycles. The van der Waals surface area contributed by atoms with Crippen molar-refractivity contribution < 1.29 is 19.2 Å². The predicted octanol–water partition coefficient (Wildman–Crippen LogP) is 3.56. The van der Waals surface area contributed by atoms with E-state index in [1.54, 1.807) is 7.11 Å². The van der Waals surface area contributed by atoms with E-state index in [9.17, 15) is 19.7 Å². The van der Waals surface area contributed by atoms with E-state index >= 15 is 0 Å². The van der Waals surface area contributed by atoms with E-state index in [1.807, 2.05) is 29.2 Å². The molecule has 9 nitrogen and oxygen atoms in total. The van der Waals surface area contributed by atoms with Crippen LogP contribution >= 0.6 is 0 Å². The molecule has 2 fully saturated rings. The molecule has 0 saturated carbocycles. The Bertz CT molecular complexity index is 1010. The van der Waals surface area contributed by atoms with Crippen LogP contribution in [0.2, 0.25) is 0 Å². The van der Waals surface area contributed by atoms with E-state index in [0.29, 0.717) is 24.7 Å². The number of hydrogen-bond acceptors (Lipinski definition) is 6. The lowest BCUT2D eigenvalue weighted by molar-refractivity contribution is -0.384. The van der Waals surface area contributed by atoms with Crippen LogP contribution in [0.1, 0.15) is 36.0 Å². The second-order valence-corrected chi connectivity index (χ2v) is 8.86. The first-order valence-electron chi connectivity index (χ1n) is 11.7. The number of benzene rings is 2. The lowest BCUT2D eigenvalue weighted by Gasteiger charge is -2.41. The molecule has 2 aliphatic rings. The van der Waals surface area contributed by atoms with Gasteiger partial charge in [0.2, 0.25) is 5.91 Å². The maximum absolute atomic E-state index is 12.8. The highest BCUT2D eigenvalue weighted by molar-refractivity contribution is 5.94. The number of carbonyl (C=O) groups excluding carboxylic acids is 2. The van der Waals surface area contributed by atoms with Crippen molar-refractivity contribution in [3.63, 3.8) is 0 Å². The van der Waals surface area contributed by atoms with Crippen molar-refractivity contribution in [2.75, 3.05) is 38.6 Å². The van der Waals surface area contributed by atoms with Gasteiger partial charge in [0.05, 0.1) is 12.0 Å². The Morgan fingerprint density at radius 3 is 2.12 bits per heavy atom. The van der Waals surface area contributed by atoms with Crippen LogP contribution in [-0.2, 0) is 4.79 Å². The van der Waals surface area contributed by atoms with Crippen molar-refractivity contribution in [2.45, 2.75) is 31.7 Å². The number of anilines is 1. The number of amides is 2. The molecule has 180 valence electrons. The van der Waals surface area contributed by atoms with Gasteiger partial charge in [-0.25, -0.2) is 0 Å². The van der Waals surface area contributed by atoms with E-state index in [1.165, 1.54) is 24.3 Å². The molecule has 34 heavy (non-hydrogen) atoms. The number of methoxy groups -OCH3 is 1. The third-order valence-electron chi connectivity index (χ3n) is 6.85. The maximum atomic E-state index is 12.8. The van der Waals surface area contributed by atoms with Crippen LogP contribution in [0.25, 0.3) is 0 Å². The molecule has 2 amide bonds. The number of ether oxygens (including phenoxy) is 1. The molecule has 2 saturated heterocycles. The highest BCUT2D eigenvalue weighted by atomic mass is 16.6. The van der Waals surface area contributed by atoms with Crippen LogP contribution in [0.5, 0.6) is 5.75 Å². The summed E-state index contributed by atoms with van der Waals surface area (Å²) in [6, 6.07) is 13.5. The number of nitro benzene ring substituents is 1. The standard InChI is InChI=1S/C25H30N4O5/c1-34-23-8-4-20(5-9-23)26-24(30)18-10-14-27(15-11-18)21-12-16-28(17-13-21)25(31)19-2-6-22(7-3-19)29(32)33/h2-9,18,21H,10-17H2,1H3,(H,26,30). The Morgan fingerprint density at radius 2 is 1.56 bits per heavy atom. The molecule has 2 aromatic rings. The van der Waals surface area contributed by atoms with Gasteiger partial charge in [-0.2, -0.15) is 0 Å². The fourth-order valence-electron chi connectivity index (χ4n) is 4.79. The minimum absolute atomic E-state index is 0.00200. The minimum Gasteiger partial charge on any atom is -0.497 e. The van der Waals surface area contributed by atoms with Crippen LogP contribution in [0, 0.1) is 16.0 Å². The zero-order chi connectivity index (χ0) is 24.1. The van der Waals surface area contributed by atoms with E-state index in [4.69, 9.17) is 4.74 Å². The van der Waals surface area contributed by atoms with Crippen LogP contribution in [0.3, 0.4) is 0 Å². The predicted molar refractivity (Wildman–Crippen MR) is 128 cm³/mol. The molecule has 0 bridgehead atoms. The van der Waals surface area contributed by atoms with Gasteiger partial charge in [0.25, 0.3) is 11.6 Å². The second-order valence-electron chi connectivity index (χ2n) is 8.86. The van der Waals surface area contributed by atoms with Crippen LogP contribution < -0.4 is 10.1 Å². The summed E-state index contributed by atoms with van der Waals surface area (Å²) in [5.41, 5.74) is 1.24. The summed E-state index contributed by atoms with van der Waals surface area (Å²) in [5, 5.41) is 13.8. The normalized spacial score (nSPS) is 17.9. The molecular weight excluding hydrogens is 436 g/mol. The zero-order valence-corrected chi connectivity index (χ0v) is 19.3. The number of nitro groups is 1. The summed E-state index contributed by atoms with van der Waals surface area (Å²) in [5.74, 6) is 0.740. The van der Waals surface area contributed by atoms with Crippen molar-refractivity contribution in [3.8, 4) is 5.75 Å². The molecule has 9 heteroatoms. The smallest absolute Gasteiger partial charge is 0.269 e. The zero-order valence-electron chi connectivity index (χ0n) is 19.3. The van der Waals surface area contributed by atoms with Crippen molar-refractivity contribution >= 4 is 23.2 Å². The van der Waals surface area contributed by atoms with Gasteiger partial charge in [0.1, 0.15) is 5.75 Å². The van der Waals surface area contributed by atoms with Crippen LogP contribution in [-0.4, -0.2) is 65.9 Å². The minimum atomic E-state index is -0.467. The summed E-state index contributed by atoms with van der Waals surface area (Å²) in [7, 11) is 1.61. The number of non-ortho nitro benzene ring substituents is 1. The summed E-state index contributed by atoms with van der Waals surface area (Å²) < 4.78 is 5.15. The molecular formula is C25H30N4O5. The van der Waals surface area contributed by atoms with Gasteiger partial charge in [-0.3, -0.25) is 19.7 Å². The summed E-state index contributed by atoms with van der Waals surface area (Å²) in [6.45, 7) is 3.08. The Balaban J connectivity index is 1.22. The van der Waals surface area contributed by atoms with Gasteiger partial charge in [0.15, 0.2) is 0 Å². The Kier molecular flexibility index (Phi) is 7.42. The quantitative estimate of drug-likeness (QED) is 0.516. The van der Waals surface area contributed by atoms with E-state index in [0.717, 1.165) is 50.2 Å². The molecule has 2 heterocycles. The topological polar surface area (TPSA) is 105 Å². The fraction of sp³-hybridized carbons (Fsp3) is 0.440. The highest BCUT2D eigenvalue weighted by Gasteiger charge is 2.32. The largest absolute Gasteiger partial charge is 0.497 e. The number of likely N-dealkylation sites (tertiary alicyclic amines) is 2. The number of hydrogen-bond donors (Lipinski definition) is 1. The molecule has 2 aromatic carbocycles. The molecule has 0 spiro atoms. The number of nitrogens with one attached hydrogen (secondary N) is 1. The van der Waals surface area contributed by atoms with Crippen LogP contribution in [0.15, 0.2) is 48.5 Å². The summed E-state index contributed by atoms with van der Waals surface area (Å²) >= 11 is 0. The lowest BCUT2D eigenvalue weighted by atomic mass is 9.92. The first kappa shape index (κ1) is 23.7. The molecule has 4 rings (SSSR count). The Hall–Kier alpha value is -3.46. The second kappa shape index (κ2) is 10.6. The van der Waals surface area contributed by atoms with E-state index < -0.39 is 4.92 Å². The molecule has 0 aromatic heterocycles. The van der Waals surface area contributed by atoms with Crippen molar-refractivity contribution in [1.29, 1.82) is 0 Å². The fourth-order valence-corrected chi connectivity index (χ4v) is 4.79. The van der Waals surface area contributed by atoms with Gasteiger partial charge in [-0.1, -0.05) is 0 Å². The average Bonchev–Trinajstić information content (AvgIpc) is 2.89. The van der Waals surface area contributed by atoms with Crippen molar-refractivity contribution in [3.05, 3.63) is 64.2 Å². The number of nitrogens with zero attached hydrogens (tertiary/aromatic N) is 3. The lowest BCUT2D eigenvalue weighted by Crippen LogP contribution is -2.49. The van der Waals surface area contributed by atoms with Gasteiger partial charge >= 0.3 is 0 Å². The molecule has 0 atom stereocenters. The first-order chi connectivity index (χ1) is 16.4. The van der Waals surface area contributed by atoms with Gasteiger partial charge in [-0.15, -0.1) is 0 Å². The maximum Gasteiger partial charge on any atom is 0.269 e. The summed E-state index contributed by atoms with van der Waals surface area (Å²) in [4.78, 5) is 40.1. The van der Waals surface area contributed by atoms with Gasteiger partial charge in [-0.05, 0) is 75.2 Å². The Morgan fingerprint density at radius 1 is 0.941 bits per heavy atom. The molecule has 0 unspecified atom stereocenters. The summed E-state index contributed by atoms with van der Waals surface area (Å²) in [6.07, 6.45) is 3.43. The average molecular weight is 467 g/mol. The van der Waals surface area contributed by atoms with Gasteiger partial charge in [0, 0.05) is 48.4 Å². The van der Waals surface area contributed by atoms with Gasteiger partial charge < -0.3 is 19.9 Å². The monoisotopic (exact) mass is 466 g/mol. The van der Waals surface area contributed by atoms with E-state index in [2.05, 4.69) is 10.2 Å². The molecule has 1 N–H and O–H groups in total. The Labute approximate surface area is 198 Å². The number of piperidine rings is 2. The third-order valence-corrected chi connectivity index (χ3v) is 6.85. The van der Waals surface area contributed by atoms with Crippen LogP contribution in [0.4, 0.5) is 11.4 Å². The highest BCUT2D eigenvalue weighted by Crippen LogP contribution is 2.26.